The molecule has 0 spiro atoms. The molecule has 3 atom stereocenters. The topological polar surface area (TPSA) is 103 Å². The molecule has 8 heteroatoms. The van der Waals surface area contributed by atoms with Crippen LogP contribution in [-0.2, 0) is 9.59 Å². The molecule has 0 bridgehead atoms. The molecule has 0 radical (unpaired) electrons. The minimum atomic E-state index is -0.727. The van der Waals surface area contributed by atoms with E-state index in [1.54, 1.807) is 18.2 Å². The van der Waals surface area contributed by atoms with Crippen molar-refractivity contribution in [3.63, 3.8) is 0 Å². The van der Waals surface area contributed by atoms with Crippen molar-refractivity contribution in [2.45, 2.75) is 63.8 Å². The van der Waals surface area contributed by atoms with Crippen molar-refractivity contribution in [3.8, 4) is 6.07 Å². The van der Waals surface area contributed by atoms with Crippen LogP contribution in [0.4, 0.5) is 0 Å². The van der Waals surface area contributed by atoms with Gasteiger partial charge in [0.15, 0.2) is 5.78 Å². The van der Waals surface area contributed by atoms with Gasteiger partial charge in [-0.1, -0.05) is 42.5 Å². The van der Waals surface area contributed by atoms with Gasteiger partial charge < -0.3 is 10.3 Å². The Balaban J connectivity index is 1.44. The van der Waals surface area contributed by atoms with Gasteiger partial charge in [-0.3, -0.25) is 14.4 Å². The van der Waals surface area contributed by atoms with E-state index in [9.17, 15) is 19.6 Å². The van der Waals surface area contributed by atoms with Crippen LogP contribution in [0.25, 0.3) is 10.9 Å². The molecule has 1 aromatic carbocycles. The normalized spacial score (nSPS) is 20.3. The summed E-state index contributed by atoms with van der Waals surface area (Å²) in [7, 11) is 0. The molecule has 3 unspecified atom stereocenters. The van der Waals surface area contributed by atoms with E-state index in [2.05, 4.69) is 16.4 Å². The van der Waals surface area contributed by atoms with E-state index in [1.165, 1.54) is 0 Å². The van der Waals surface area contributed by atoms with E-state index in [4.69, 9.17) is 23.2 Å². The number of benzene rings is 1. The number of hydrogen-bond acceptors (Lipinski definition) is 4. The van der Waals surface area contributed by atoms with Crippen LogP contribution < -0.4 is 5.32 Å². The quantitative estimate of drug-likeness (QED) is 0.447. The van der Waals surface area contributed by atoms with E-state index in [0.29, 0.717) is 46.4 Å². The number of ketones is 2. The third kappa shape index (κ3) is 5.96. The van der Waals surface area contributed by atoms with Crippen LogP contribution in [0, 0.1) is 29.1 Å². The number of carbonyl (C=O) groups excluding carboxylic acids is 3. The first-order chi connectivity index (χ1) is 15.8. The van der Waals surface area contributed by atoms with Gasteiger partial charge in [-0.25, -0.2) is 0 Å². The van der Waals surface area contributed by atoms with E-state index >= 15 is 0 Å². The van der Waals surface area contributed by atoms with Crippen LogP contribution in [-0.4, -0.2) is 28.5 Å². The molecule has 2 saturated carbocycles. The molecule has 4 rings (SSSR count). The highest BCUT2D eigenvalue weighted by molar-refractivity contribution is 6.38. The first kappa shape index (κ1) is 23.8. The van der Waals surface area contributed by atoms with Crippen molar-refractivity contribution < 1.29 is 14.4 Å². The molecule has 2 aliphatic carbocycles. The zero-order chi connectivity index (χ0) is 23.5. The third-order valence-electron chi connectivity index (χ3n) is 6.74. The minimum Gasteiger partial charge on any atom is -0.351 e. The molecule has 2 N–H and O–H groups in total. The Morgan fingerprint density at radius 3 is 2.64 bits per heavy atom. The average Bonchev–Trinajstić information content (AvgIpc) is 3.49. The molecule has 1 heterocycles. The summed E-state index contributed by atoms with van der Waals surface area (Å²) < 4.78 is 0. The van der Waals surface area contributed by atoms with E-state index in [1.807, 2.05) is 0 Å². The molecular weight excluding hydrogens is 461 g/mol. The van der Waals surface area contributed by atoms with Gasteiger partial charge in [-0.15, -0.1) is 0 Å². The highest BCUT2D eigenvalue weighted by atomic mass is 35.5. The number of aromatic nitrogens is 1. The molecule has 1 aromatic heterocycles. The summed E-state index contributed by atoms with van der Waals surface area (Å²) in [6.45, 7) is 0. The predicted octanol–water partition coefficient (Wildman–Crippen LogP) is 5.62. The van der Waals surface area contributed by atoms with Crippen LogP contribution in [0.2, 0.25) is 10.0 Å². The summed E-state index contributed by atoms with van der Waals surface area (Å²) in [5.74, 6) is -0.552. The van der Waals surface area contributed by atoms with Gasteiger partial charge in [0.2, 0.25) is 5.91 Å². The number of hydrogen-bond donors (Lipinski definition) is 2. The maximum atomic E-state index is 13.1. The van der Waals surface area contributed by atoms with E-state index in [-0.39, 0.29) is 29.8 Å². The lowest BCUT2D eigenvalue weighted by Crippen LogP contribution is -2.41. The number of halogens is 2. The molecule has 6 nitrogen and oxygen atoms in total. The lowest BCUT2D eigenvalue weighted by molar-refractivity contribution is -0.127. The van der Waals surface area contributed by atoms with E-state index < -0.39 is 12.0 Å². The lowest BCUT2D eigenvalue weighted by atomic mass is 9.83. The Morgan fingerprint density at radius 2 is 1.94 bits per heavy atom. The van der Waals surface area contributed by atoms with Crippen molar-refractivity contribution in [1.82, 2.24) is 10.3 Å². The number of nitrogens with zero attached hydrogens (tertiary/aromatic N) is 1. The Hall–Kier alpha value is -2.36. The van der Waals surface area contributed by atoms with Crippen LogP contribution in [0.3, 0.4) is 0 Å². The molecule has 0 saturated heterocycles. The maximum Gasteiger partial charge on any atom is 0.224 e. The van der Waals surface area contributed by atoms with Gasteiger partial charge in [0, 0.05) is 35.1 Å². The summed E-state index contributed by atoms with van der Waals surface area (Å²) in [6.07, 6.45) is 6.29. The number of H-pyrrole nitrogens is 1. The Kier molecular flexibility index (Phi) is 7.41. The monoisotopic (exact) mass is 487 g/mol. The fraction of sp³-hybridized carbons (Fsp3) is 0.520. The average molecular weight is 488 g/mol. The summed E-state index contributed by atoms with van der Waals surface area (Å²) in [4.78, 5) is 41.3. The number of Topliss-reactive ketones (excluding diaryl/α,β-unsaturated/α-hetero) is 2. The highest BCUT2D eigenvalue weighted by Gasteiger charge is 2.33. The number of fused-ring (bicyclic) bond motifs is 1. The van der Waals surface area contributed by atoms with E-state index in [0.717, 1.165) is 37.5 Å². The number of amides is 1. The summed E-state index contributed by atoms with van der Waals surface area (Å²) in [5, 5.41) is 14.0. The van der Waals surface area contributed by atoms with Crippen molar-refractivity contribution in [2.75, 3.05) is 0 Å². The maximum absolute atomic E-state index is 13.1. The zero-order valence-electron chi connectivity index (χ0n) is 18.3. The molecule has 0 aliphatic heterocycles. The number of aromatic amines is 1. The van der Waals surface area contributed by atoms with Gasteiger partial charge in [-0.05, 0) is 49.8 Å². The van der Waals surface area contributed by atoms with Crippen molar-refractivity contribution in [2.24, 2.45) is 17.8 Å². The van der Waals surface area contributed by atoms with Gasteiger partial charge >= 0.3 is 0 Å². The summed E-state index contributed by atoms with van der Waals surface area (Å²) in [5.41, 5.74) is 1.02. The standard InChI is InChI=1S/C25H27Cl2N3O3/c26-18-8-16-10-21(30-24(16)20(27)12-18)23(32)11-17(7-14-5-6-14)25(33)29-19(13-28)9-15-3-1-2-4-22(15)31/h8,10,12,14-15,17,19,30H,1-7,9,11H2,(H,29,33). The number of rotatable bonds is 9. The molecule has 2 aliphatic rings. The highest BCUT2D eigenvalue weighted by Crippen LogP contribution is 2.37. The first-order valence-corrected chi connectivity index (χ1v) is 12.3. The van der Waals surface area contributed by atoms with Crippen LogP contribution in [0.15, 0.2) is 18.2 Å². The van der Waals surface area contributed by atoms with Gasteiger partial charge in [-0.2, -0.15) is 5.26 Å². The summed E-state index contributed by atoms with van der Waals surface area (Å²) in [6, 6.07) is 6.45. The lowest BCUT2D eigenvalue weighted by Gasteiger charge is -2.24. The van der Waals surface area contributed by atoms with Crippen molar-refractivity contribution in [1.29, 1.82) is 5.26 Å². The van der Waals surface area contributed by atoms with Crippen LogP contribution >= 0.6 is 23.2 Å². The second-order valence-corrected chi connectivity index (χ2v) is 10.2. The largest absolute Gasteiger partial charge is 0.351 e. The predicted molar refractivity (Wildman–Crippen MR) is 127 cm³/mol. The first-order valence-electron chi connectivity index (χ1n) is 11.6. The molecular formula is C25H27Cl2N3O3. The number of carbonyl (C=O) groups is 3. The zero-order valence-corrected chi connectivity index (χ0v) is 19.8. The molecule has 2 fully saturated rings. The molecule has 2 aromatic rings. The fourth-order valence-corrected chi connectivity index (χ4v) is 5.27. The number of nitrogens with one attached hydrogen (secondary N) is 2. The van der Waals surface area contributed by atoms with Gasteiger partial charge in [0.05, 0.1) is 22.3 Å². The molecule has 33 heavy (non-hydrogen) atoms. The third-order valence-corrected chi connectivity index (χ3v) is 7.25. The second kappa shape index (κ2) is 10.3. The summed E-state index contributed by atoms with van der Waals surface area (Å²) >= 11 is 12.3. The van der Waals surface area contributed by atoms with Crippen molar-refractivity contribution in [3.05, 3.63) is 33.9 Å². The van der Waals surface area contributed by atoms with Gasteiger partial charge in [0.25, 0.3) is 0 Å². The molecule has 174 valence electrons. The Morgan fingerprint density at radius 1 is 1.15 bits per heavy atom. The second-order valence-electron chi connectivity index (χ2n) is 9.37. The van der Waals surface area contributed by atoms with Crippen LogP contribution in [0.5, 0.6) is 0 Å². The smallest absolute Gasteiger partial charge is 0.224 e. The fourth-order valence-electron chi connectivity index (χ4n) is 4.71. The van der Waals surface area contributed by atoms with Crippen molar-refractivity contribution >= 4 is 51.6 Å². The minimum absolute atomic E-state index is 0.0427. The Labute approximate surface area is 203 Å². The SMILES string of the molecule is N#CC(CC1CCCCC1=O)NC(=O)C(CC(=O)c1cc2cc(Cl)cc(Cl)c2[nH]1)CC1CC1. The molecule has 1 amide bonds. The number of nitriles is 1. The Bertz CT molecular complexity index is 1120. The van der Waals surface area contributed by atoms with Crippen LogP contribution in [0.1, 0.15) is 68.3 Å². The van der Waals surface area contributed by atoms with Gasteiger partial charge in [0.1, 0.15) is 11.8 Å².